The highest BCUT2D eigenvalue weighted by atomic mass is 31.2. The lowest BCUT2D eigenvalue weighted by Gasteiger charge is -2.20. The maximum absolute atomic E-state index is 12.6. The molecule has 0 spiro atoms. The average Bonchev–Trinajstić information content (AvgIpc) is 3.21. The SMILES string of the molecule is CCCCCCCC/C=C\C/C=C\C/C=C\CCCC(=O)OC[C@H](COP(=O)(O)OC[C@H](N)C(=O)O)OC(=O)CCC/C=C\C/C=C\C/C=C\C/C=C\CCCCCO. The van der Waals surface area contributed by atoms with Crippen LogP contribution in [0, 0.1) is 0 Å². The quantitative estimate of drug-likeness (QED) is 0.0198. The Morgan fingerprint density at radius 2 is 0.966 bits per heavy atom. The van der Waals surface area contributed by atoms with E-state index in [1.807, 2.05) is 24.3 Å². The van der Waals surface area contributed by atoms with Crippen LogP contribution in [0.15, 0.2) is 85.1 Å². The monoisotopic (exact) mass is 850 g/mol. The molecule has 0 rings (SSSR count). The van der Waals surface area contributed by atoms with Crippen molar-refractivity contribution in [1.82, 2.24) is 0 Å². The molecule has 0 bridgehead atoms. The number of esters is 2. The van der Waals surface area contributed by atoms with E-state index in [0.29, 0.717) is 25.7 Å². The van der Waals surface area contributed by atoms with Crippen molar-refractivity contribution in [3.8, 4) is 0 Å². The van der Waals surface area contributed by atoms with Gasteiger partial charge in [-0.05, 0) is 89.9 Å². The molecule has 0 heterocycles. The molecule has 0 saturated heterocycles. The average molecular weight is 850 g/mol. The van der Waals surface area contributed by atoms with Crippen LogP contribution in [0.4, 0.5) is 0 Å². The molecule has 0 aliphatic heterocycles. The zero-order chi connectivity index (χ0) is 43.5. The number of carbonyl (C=O) groups is 3. The van der Waals surface area contributed by atoms with Crippen LogP contribution in [0.2, 0.25) is 0 Å². The zero-order valence-electron chi connectivity index (χ0n) is 35.8. The number of carbonyl (C=O) groups excluding carboxylic acids is 2. The number of phosphoric acid groups is 1. The zero-order valence-corrected chi connectivity index (χ0v) is 36.6. The van der Waals surface area contributed by atoms with E-state index in [1.165, 1.54) is 38.5 Å². The first-order chi connectivity index (χ1) is 28.6. The lowest BCUT2D eigenvalue weighted by atomic mass is 10.1. The van der Waals surface area contributed by atoms with Gasteiger partial charge in [-0.25, -0.2) is 4.57 Å². The lowest BCUT2D eigenvalue weighted by molar-refractivity contribution is -0.161. The molecule has 13 heteroatoms. The molecule has 0 aliphatic carbocycles. The number of carboxylic acid groups (broad SMARTS) is 1. The Balaban J connectivity index is 4.56. The van der Waals surface area contributed by atoms with Gasteiger partial charge in [-0.2, -0.15) is 0 Å². The van der Waals surface area contributed by atoms with Gasteiger partial charge in [0.15, 0.2) is 6.10 Å². The van der Waals surface area contributed by atoms with E-state index in [9.17, 15) is 23.8 Å². The fourth-order valence-corrected chi connectivity index (χ4v) is 6.01. The predicted octanol–water partition coefficient (Wildman–Crippen LogP) is 10.5. The van der Waals surface area contributed by atoms with Gasteiger partial charge in [-0.15, -0.1) is 0 Å². The summed E-state index contributed by atoms with van der Waals surface area (Å²) in [5.74, 6) is -2.55. The third-order valence-corrected chi connectivity index (χ3v) is 9.62. The van der Waals surface area contributed by atoms with Crippen molar-refractivity contribution in [2.75, 3.05) is 26.4 Å². The molecule has 336 valence electrons. The number of rotatable bonds is 40. The Morgan fingerprint density at radius 3 is 1.44 bits per heavy atom. The first-order valence-electron chi connectivity index (χ1n) is 21.7. The van der Waals surface area contributed by atoms with Crippen LogP contribution in [0.3, 0.4) is 0 Å². The molecule has 59 heavy (non-hydrogen) atoms. The lowest BCUT2D eigenvalue weighted by Crippen LogP contribution is -2.34. The highest BCUT2D eigenvalue weighted by Crippen LogP contribution is 2.43. The van der Waals surface area contributed by atoms with E-state index in [4.69, 9.17) is 29.9 Å². The number of aliphatic carboxylic acids is 1. The van der Waals surface area contributed by atoms with Crippen LogP contribution in [0.25, 0.3) is 0 Å². The maximum Gasteiger partial charge on any atom is 0.472 e. The van der Waals surface area contributed by atoms with Crippen molar-refractivity contribution < 1.29 is 52.6 Å². The second kappa shape index (κ2) is 41.4. The summed E-state index contributed by atoms with van der Waals surface area (Å²) >= 11 is 0. The number of hydrogen-bond acceptors (Lipinski definition) is 10. The first-order valence-corrected chi connectivity index (χ1v) is 23.2. The largest absolute Gasteiger partial charge is 0.480 e. The highest BCUT2D eigenvalue weighted by molar-refractivity contribution is 7.47. The Labute approximate surface area is 355 Å². The number of hydrogen-bond donors (Lipinski definition) is 4. The predicted molar refractivity (Wildman–Crippen MR) is 236 cm³/mol. The van der Waals surface area contributed by atoms with Crippen LogP contribution in [0.1, 0.15) is 148 Å². The van der Waals surface area contributed by atoms with Gasteiger partial charge >= 0.3 is 25.7 Å². The normalized spacial score (nSPS) is 14.5. The Kier molecular flexibility index (Phi) is 39.0. The molecular weight excluding hydrogens is 773 g/mol. The Hall–Kier alpha value is -3.38. The standard InChI is InChI=1S/C46H76NO11P/c1-2-3-4-5-6-7-8-9-10-12-15-18-21-24-27-30-33-36-44(49)55-39-42(40-56-59(53,54)57-41-43(47)46(51)52)58-45(50)37-34-31-28-25-22-19-16-13-11-14-17-20-23-26-29-32-35-38-48/h9-11,14-16,18-20,23-25,27-28,42-43,48H,2-8,12-13,17,21-22,26,29-41,47H2,1H3,(H,51,52)(H,53,54)/b10-9-,14-11-,18-15-,19-16-,23-20-,27-24-,28-25-/t42-,43+/m1/s1. The summed E-state index contributed by atoms with van der Waals surface area (Å²) in [5, 5.41) is 17.7. The third-order valence-electron chi connectivity index (χ3n) is 8.67. The number of carboxylic acids is 1. The van der Waals surface area contributed by atoms with Gasteiger partial charge < -0.3 is 30.3 Å². The van der Waals surface area contributed by atoms with E-state index in [-0.39, 0.29) is 19.4 Å². The summed E-state index contributed by atoms with van der Waals surface area (Å²) in [6.07, 6.45) is 48.2. The van der Waals surface area contributed by atoms with Crippen molar-refractivity contribution in [1.29, 1.82) is 0 Å². The minimum Gasteiger partial charge on any atom is -0.480 e. The summed E-state index contributed by atoms with van der Waals surface area (Å²) < 4.78 is 32.5. The molecule has 1 unspecified atom stereocenters. The fourth-order valence-electron chi connectivity index (χ4n) is 5.23. The number of aliphatic hydroxyl groups is 1. The van der Waals surface area contributed by atoms with Gasteiger partial charge in [0.2, 0.25) is 0 Å². The van der Waals surface area contributed by atoms with Gasteiger partial charge in [0.25, 0.3) is 0 Å². The third kappa shape index (κ3) is 41.2. The summed E-state index contributed by atoms with van der Waals surface area (Å²) in [5.41, 5.74) is 5.32. The molecule has 0 saturated carbocycles. The summed E-state index contributed by atoms with van der Waals surface area (Å²) in [6, 6.07) is -1.55. The molecule has 0 aliphatic rings. The highest BCUT2D eigenvalue weighted by Gasteiger charge is 2.28. The number of nitrogens with two attached hydrogens (primary N) is 1. The van der Waals surface area contributed by atoms with E-state index in [2.05, 4.69) is 72.2 Å². The Morgan fingerprint density at radius 1 is 0.559 bits per heavy atom. The van der Waals surface area contributed by atoms with Crippen molar-refractivity contribution in [3.63, 3.8) is 0 Å². The van der Waals surface area contributed by atoms with Crippen LogP contribution >= 0.6 is 7.82 Å². The number of phosphoric ester groups is 1. The van der Waals surface area contributed by atoms with Gasteiger partial charge in [0, 0.05) is 19.4 Å². The van der Waals surface area contributed by atoms with E-state index in [1.54, 1.807) is 0 Å². The Bertz CT molecular complexity index is 1320. The topological polar surface area (TPSA) is 192 Å². The van der Waals surface area contributed by atoms with Crippen molar-refractivity contribution in [2.45, 2.75) is 160 Å². The van der Waals surface area contributed by atoms with Crippen molar-refractivity contribution >= 4 is 25.7 Å². The molecule has 0 radical (unpaired) electrons. The van der Waals surface area contributed by atoms with E-state index >= 15 is 0 Å². The van der Waals surface area contributed by atoms with Crippen LogP contribution in [0.5, 0.6) is 0 Å². The van der Waals surface area contributed by atoms with Crippen molar-refractivity contribution in [2.24, 2.45) is 5.73 Å². The molecule has 3 atom stereocenters. The van der Waals surface area contributed by atoms with Crippen LogP contribution in [-0.4, -0.2) is 71.6 Å². The number of unbranched alkanes of at least 4 members (excludes halogenated alkanes) is 11. The van der Waals surface area contributed by atoms with E-state index < -0.39 is 57.7 Å². The van der Waals surface area contributed by atoms with Gasteiger partial charge in [-0.3, -0.25) is 23.4 Å². The summed E-state index contributed by atoms with van der Waals surface area (Å²) in [7, 11) is -4.75. The second-order valence-corrected chi connectivity index (χ2v) is 15.6. The van der Waals surface area contributed by atoms with Gasteiger partial charge in [-0.1, -0.05) is 131 Å². The summed E-state index contributed by atoms with van der Waals surface area (Å²) in [4.78, 5) is 45.9. The maximum atomic E-state index is 12.6. The fraction of sp³-hybridized carbons (Fsp3) is 0.630. The molecule has 0 aromatic heterocycles. The number of ether oxygens (including phenoxy) is 2. The molecule has 0 aromatic carbocycles. The van der Waals surface area contributed by atoms with Crippen LogP contribution in [-0.2, 0) is 37.5 Å². The van der Waals surface area contributed by atoms with E-state index in [0.717, 1.165) is 64.2 Å². The molecule has 0 fully saturated rings. The molecular formula is C46H76NO11P. The number of allylic oxidation sites excluding steroid dienone is 14. The van der Waals surface area contributed by atoms with Crippen molar-refractivity contribution in [3.05, 3.63) is 85.1 Å². The minimum atomic E-state index is -4.75. The van der Waals surface area contributed by atoms with Crippen LogP contribution < -0.4 is 5.73 Å². The first kappa shape index (κ1) is 55.6. The van der Waals surface area contributed by atoms with Gasteiger partial charge in [0.05, 0.1) is 13.2 Å². The molecule has 5 N–H and O–H groups in total. The molecule has 0 amide bonds. The second-order valence-electron chi connectivity index (χ2n) is 14.2. The van der Waals surface area contributed by atoms with Gasteiger partial charge in [0.1, 0.15) is 12.6 Å². The minimum absolute atomic E-state index is 0.0603. The smallest absolute Gasteiger partial charge is 0.472 e. The number of aliphatic hydroxyl groups excluding tert-OH is 1. The molecule has 0 aromatic rings. The molecule has 12 nitrogen and oxygen atoms in total. The summed E-state index contributed by atoms with van der Waals surface area (Å²) in [6.45, 7) is 0.675.